The lowest BCUT2D eigenvalue weighted by atomic mass is 10.1. The summed E-state index contributed by atoms with van der Waals surface area (Å²) in [6, 6.07) is 2.94. The van der Waals surface area contributed by atoms with E-state index in [1.54, 1.807) is 26.2 Å². The number of ether oxygens (including phenoxy) is 1. The minimum atomic E-state index is -1.27. The molecule has 0 aliphatic carbocycles. The van der Waals surface area contributed by atoms with Crippen LogP contribution in [0.5, 0.6) is 11.5 Å². The number of carbonyl (C=O) groups excluding carboxylic acids is 2. The van der Waals surface area contributed by atoms with Crippen molar-refractivity contribution in [1.82, 2.24) is 24.5 Å². The standard InChI is InChI=1S/C20H22N6O7/c1-23(2)20(32)25-7-8-26(12(9-25)19(30)31)17(28)10-5-4-6-11-14(10)33-15-13(21-11)18(29)24(3)22-16(15)27/h4-6,12,21H,7-9H2,1-3H3,(H,22,27)(H,30,31). The number of hydrogen-bond acceptors (Lipinski definition) is 7. The number of carboxylic acid groups (broad SMARTS) is 1. The van der Waals surface area contributed by atoms with Gasteiger partial charge in [0.05, 0.1) is 17.8 Å². The molecule has 1 aromatic heterocycles. The van der Waals surface area contributed by atoms with Crippen LogP contribution in [0.25, 0.3) is 0 Å². The van der Waals surface area contributed by atoms with Crippen LogP contribution in [0, 0.1) is 0 Å². The zero-order valence-electron chi connectivity index (χ0n) is 18.1. The molecular formula is C20H22N6O7. The third kappa shape index (κ3) is 3.66. The van der Waals surface area contributed by atoms with Crippen LogP contribution >= 0.6 is 0 Å². The highest BCUT2D eigenvalue weighted by molar-refractivity contribution is 6.01. The highest BCUT2D eigenvalue weighted by Gasteiger charge is 2.39. The highest BCUT2D eigenvalue weighted by Crippen LogP contribution is 2.41. The molecule has 1 fully saturated rings. The molecule has 3 amide bonds. The molecule has 3 N–H and O–H groups in total. The van der Waals surface area contributed by atoms with Crippen LogP contribution < -0.4 is 21.2 Å². The number of anilines is 2. The largest absolute Gasteiger partial charge is 0.480 e. The van der Waals surface area contributed by atoms with Crippen LogP contribution in [0.1, 0.15) is 10.4 Å². The number of aromatic amines is 1. The molecule has 1 saturated heterocycles. The van der Waals surface area contributed by atoms with Crippen LogP contribution in [0.2, 0.25) is 0 Å². The van der Waals surface area contributed by atoms with Gasteiger partial charge in [-0.1, -0.05) is 6.07 Å². The van der Waals surface area contributed by atoms with Crippen LogP contribution in [0.15, 0.2) is 27.8 Å². The van der Waals surface area contributed by atoms with E-state index >= 15 is 0 Å². The number of piperazine rings is 1. The smallest absolute Gasteiger partial charge is 0.328 e. The van der Waals surface area contributed by atoms with Gasteiger partial charge in [0.25, 0.3) is 11.5 Å². The molecule has 4 rings (SSSR count). The molecule has 1 atom stereocenters. The van der Waals surface area contributed by atoms with Gasteiger partial charge in [-0.25, -0.2) is 9.59 Å². The molecule has 3 heterocycles. The fourth-order valence-corrected chi connectivity index (χ4v) is 3.84. The van der Waals surface area contributed by atoms with Crippen molar-refractivity contribution in [1.29, 1.82) is 0 Å². The van der Waals surface area contributed by atoms with Gasteiger partial charge in [0, 0.05) is 34.2 Å². The van der Waals surface area contributed by atoms with Gasteiger partial charge in [-0.2, -0.15) is 0 Å². The van der Waals surface area contributed by atoms with E-state index in [0.717, 1.165) is 9.58 Å². The molecule has 2 aromatic rings. The normalized spacial score (nSPS) is 16.8. The molecule has 0 saturated carbocycles. The number of para-hydroxylation sites is 1. The van der Waals surface area contributed by atoms with Crippen LogP contribution in [0.3, 0.4) is 0 Å². The Morgan fingerprint density at radius 1 is 1.15 bits per heavy atom. The SMILES string of the molecule is CN(C)C(=O)N1CCN(C(=O)c2cccc3c2Oc2c(c(=O)n(C)[nH]c2=O)N3)C(C(=O)O)C1. The minimum absolute atomic E-state index is 0.00434. The van der Waals surface area contributed by atoms with Crippen molar-refractivity contribution >= 4 is 29.3 Å². The summed E-state index contributed by atoms with van der Waals surface area (Å²) in [5.41, 5.74) is -0.974. The lowest BCUT2D eigenvalue weighted by molar-refractivity contribution is -0.144. The van der Waals surface area contributed by atoms with E-state index in [1.807, 2.05) is 0 Å². The van der Waals surface area contributed by atoms with Gasteiger partial charge >= 0.3 is 17.6 Å². The van der Waals surface area contributed by atoms with E-state index in [0.29, 0.717) is 0 Å². The summed E-state index contributed by atoms with van der Waals surface area (Å²) in [5, 5.41) is 14.9. The zero-order valence-corrected chi connectivity index (χ0v) is 18.1. The third-order valence-electron chi connectivity index (χ3n) is 5.51. The van der Waals surface area contributed by atoms with E-state index in [4.69, 9.17) is 4.74 Å². The Bertz CT molecular complexity index is 1280. The van der Waals surface area contributed by atoms with Gasteiger partial charge in [-0.3, -0.25) is 24.2 Å². The molecule has 13 heteroatoms. The van der Waals surface area contributed by atoms with Crippen molar-refractivity contribution in [3.8, 4) is 11.5 Å². The quantitative estimate of drug-likeness (QED) is 0.477. The molecule has 1 unspecified atom stereocenters. The van der Waals surface area contributed by atoms with Gasteiger partial charge in [-0.15, -0.1) is 0 Å². The number of nitrogens with zero attached hydrogens (tertiary/aromatic N) is 4. The second-order valence-corrected chi connectivity index (χ2v) is 7.89. The van der Waals surface area contributed by atoms with Crippen molar-refractivity contribution < 1.29 is 24.2 Å². The fourth-order valence-electron chi connectivity index (χ4n) is 3.84. The number of hydrogen-bond donors (Lipinski definition) is 3. The van der Waals surface area contributed by atoms with Crippen molar-refractivity contribution in [2.75, 3.05) is 39.0 Å². The predicted octanol–water partition coefficient (Wildman–Crippen LogP) is -0.184. The number of aryl methyl sites for hydroxylation is 1. The van der Waals surface area contributed by atoms with E-state index in [-0.39, 0.29) is 54.1 Å². The Kier molecular flexibility index (Phi) is 5.31. The Morgan fingerprint density at radius 3 is 2.55 bits per heavy atom. The first-order chi connectivity index (χ1) is 15.6. The van der Waals surface area contributed by atoms with Crippen molar-refractivity contribution in [3.05, 3.63) is 44.5 Å². The highest BCUT2D eigenvalue weighted by atomic mass is 16.5. The van der Waals surface area contributed by atoms with Gasteiger partial charge in [-0.05, 0) is 12.1 Å². The second-order valence-electron chi connectivity index (χ2n) is 7.89. The average molecular weight is 458 g/mol. The number of rotatable bonds is 2. The number of aromatic nitrogens is 2. The summed E-state index contributed by atoms with van der Waals surface area (Å²) in [7, 11) is 4.50. The van der Waals surface area contributed by atoms with Crippen molar-refractivity contribution in [2.24, 2.45) is 7.05 Å². The van der Waals surface area contributed by atoms with Gasteiger partial charge in [0.1, 0.15) is 6.04 Å². The second kappa shape index (κ2) is 8.00. The molecule has 174 valence electrons. The lowest BCUT2D eigenvalue weighted by Gasteiger charge is -2.40. The topological polar surface area (TPSA) is 157 Å². The summed E-state index contributed by atoms with van der Waals surface area (Å²) in [5.74, 6) is -2.18. The third-order valence-corrected chi connectivity index (χ3v) is 5.51. The maximum atomic E-state index is 13.4. The number of nitrogens with one attached hydrogen (secondary N) is 2. The van der Waals surface area contributed by atoms with E-state index in [2.05, 4.69) is 10.4 Å². The summed E-state index contributed by atoms with van der Waals surface area (Å²) in [6.45, 7) is -0.0336. The van der Waals surface area contributed by atoms with Crippen LogP contribution in [-0.4, -0.2) is 87.3 Å². The van der Waals surface area contributed by atoms with Gasteiger partial charge in [0.2, 0.25) is 5.75 Å². The monoisotopic (exact) mass is 458 g/mol. The Morgan fingerprint density at radius 2 is 1.88 bits per heavy atom. The zero-order chi connectivity index (χ0) is 24.0. The molecule has 0 radical (unpaired) electrons. The number of H-pyrrole nitrogens is 1. The molecule has 2 aliphatic rings. The molecule has 0 bridgehead atoms. The van der Waals surface area contributed by atoms with Crippen LogP contribution in [-0.2, 0) is 11.8 Å². The summed E-state index contributed by atoms with van der Waals surface area (Å²) >= 11 is 0. The number of benzene rings is 1. The Labute approximate surface area is 186 Å². The number of amides is 3. The molecule has 33 heavy (non-hydrogen) atoms. The number of aliphatic carboxylic acids is 1. The number of urea groups is 1. The molecule has 2 aliphatic heterocycles. The van der Waals surface area contributed by atoms with E-state index in [9.17, 15) is 29.1 Å². The lowest BCUT2D eigenvalue weighted by Crippen LogP contribution is -2.60. The predicted molar refractivity (Wildman–Crippen MR) is 115 cm³/mol. The van der Waals surface area contributed by atoms with Gasteiger partial charge < -0.3 is 29.9 Å². The maximum absolute atomic E-state index is 13.4. The first-order valence-corrected chi connectivity index (χ1v) is 10.0. The summed E-state index contributed by atoms with van der Waals surface area (Å²) in [6.07, 6.45) is 0. The number of fused-ring (bicyclic) bond motifs is 2. The number of carbonyl (C=O) groups is 3. The fraction of sp³-hybridized carbons (Fsp3) is 0.350. The first-order valence-electron chi connectivity index (χ1n) is 10.0. The first kappa shape index (κ1) is 21.9. The summed E-state index contributed by atoms with van der Waals surface area (Å²) in [4.78, 5) is 66.2. The van der Waals surface area contributed by atoms with E-state index < -0.39 is 29.0 Å². The Hall–Kier alpha value is -4.29. The summed E-state index contributed by atoms with van der Waals surface area (Å²) < 4.78 is 6.69. The Balaban J connectivity index is 1.68. The van der Waals surface area contributed by atoms with Crippen LogP contribution in [0.4, 0.5) is 16.2 Å². The molecule has 1 aromatic carbocycles. The van der Waals surface area contributed by atoms with Crippen molar-refractivity contribution in [2.45, 2.75) is 6.04 Å². The van der Waals surface area contributed by atoms with Gasteiger partial charge in [0.15, 0.2) is 11.4 Å². The maximum Gasteiger partial charge on any atom is 0.328 e. The molecule has 0 spiro atoms. The number of carboxylic acids is 1. The molecule has 13 nitrogen and oxygen atoms in total. The van der Waals surface area contributed by atoms with Crippen molar-refractivity contribution in [3.63, 3.8) is 0 Å². The average Bonchev–Trinajstić information content (AvgIpc) is 2.79. The molecular weight excluding hydrogens is 436 g/mol. The van der Waals surface area contributed by atoms with E-state index in [1.165, 1.54) is 22.9 Å². The minimum Gasteiger partial charge on any atom is -0.480 e.